The van der Waals surface area contributed by atoms with Crippen molar-refractivity contribution in [3.8, 4) is 0 Å². The van der Waals surface area contributed by atoms with Crippen LogP contribution in [0, 0.1) is 6.92 Å². The van der Waals surface area contributed by atoms with Crippen LogP contribution in [0.4, 0.5) is 5.69 Å². The van der Waals surface area contributed by atoms with Crippen LogP contribution in [-0.4, -0.2) is 70.5 Å². The fourth-order valence-electron chi connectivity index (χ4n) is 3.99. The Morgan fingerprint density at radius 3 is 2.39 bits per heavy atom. The third-order valence-electron chi connectivity index (χ3n) is 5.57. The van der Waals surface area contributed by atoms with Gasteiger partial charge in [0.25, 0.3) is 5.91 Å². The third-order valence-corrected chi connectivity index (χ3v) is 5.57. The van der Waals surface area contributed by atoms with Crippen molar-refractivity contribution in [3.05, 3.63) is 65.2 Å². The summed E-state index contributed by atoms with van der Waals surface area (Å²) in [5, 5.41) is 0. The SMILES string of the molecule is COCCN(CCOC)c1ccc(C)cc1C(=O)N1C[C@H](C)O[C@@H](c2ccccc2)C1. The molecule has 0 bridgehead atoms. The minimum atomic E-state index is -0.125. The van der Waals surface area contributed by atoms with Crippen LogP contribution in [-0.2, 0) is 14.2 Å². The summed E-state index contributed by atoms with van der Waals surface area (Å²) < 4.78 is 16.8. The molecule has 0 unspecified atom stereocenters. The van der Waals surface area contributed by atoms with Crippen LogP contribution in [0.3, 0.4) is 0 Å². The van der Waals surface area contributed by atoms with Crippen LogP contribution in [0.25, 0.3) is 0 Å². The Bertz CT molecular complexity index is 835. The Balaban J connectivity index is 1.88. The molecule has 2 aromatic carbocycles. The predicted molar refractivity (Wildman–Crippen MR) is 123 cm³/mol. The van der Waals surface area contributed by atoms with Crippen molar-refractivity contribution < 1.29 is 19.0 Å². The molecule has 31 heavy (non-hydrogen) atoms. The first-order valence-corrected chi connectivity index (χ1v) is 10.9. The van der Waals surface area contributed by atoms with Crippen molar-refractivity contribution in [2.24, 2.45) is 0 Å². The van der Waals surface area contributed by atoms with Crippen LogP contribution < -0.4 is 4.90 Å². The van der Waals surface area contributed by atoms with E-state index in [1.165, 1.54) is 0 Å². The van der Waals surface area contributed by atoms with Gasteiger partial charge in [0.05, 0.1) is 31.4 Å². The van der Waals surface area contributed by atoms with E-state index in [9.17, 15) is 4.79 Å². The summed E-state index contributed by atoms with van der Waals surface area (Å²) in [6.07, 6.45) is -0.158. The number of benzene rings is 2. The van der Waals surface area contributed by atoms with Crippen molar-refractivity contribution in [2.45, 2.75) is 26.1 Å². The maximum Gasteiger partial charge on any atom is 0.256 e. The highest BCUT2D eigenvalue weighted by molar-refractivity contribution is 6.00. The molecule has 0 aliphatic carbocycles. The van der Waals surface area contributed by atoms with Crippen LogP contribution in [0.15, 0.2) is 48.5 Å². The van der Waals surface area contributed by atoms with Gasteiger partial charge >= 0.3 is 0 Å². The fraction of sp³-hybridized carbons (Fsp3) is 0.480. The Kier molecular flexibility index (Phi) is 8.46. The number of anilines is 1. The second-order valence-corrected chi connectivity index (χ2v) is 8.05. The van der Waals surface area contributed by atoms with Crippen molar-refractivity contribution >= 4 is 11.6 Å². The summed E-state index contributed by atoms with van der Waals surface area (Å²) in [4.78, 5) is 17.8. The number of methoxy groups -OCH3 is 2. The average Bonchev–Trinajstić information content (AvgIpc) is 2.79. The Labute approximate surface area is 185 Å². The van der Waals surface area contributed by atoms with Crippen molar-refractivity contribution in [1.82, 2.24) is 4.90 Å². The van der Waals surface area contributed by atoms with E-state index in [4.69, 9.17) is 14.2 Å². The summed E-state index contributed by atoms with van der Waals surface area (Å²) in [5.74, 6) is 0.0367. The number of ether oxygens (including phenoxy) is 3. The van der Waals surface area contributed by atoms with Crippen molar-refractivity contribution in [3.63, 3.8) is 0 Å². The number of rotatable bonds is 9. The maximum atomic E-state index is 13.7. The normalized spacial score (nSPS) is 18.8. The largest absolute Gasteiger partial charge is 0.383 e. The highest BCUT2D eigenvalue weighted by atomic mass is 16.5. The smallest absolute Gasteiger partial charge is 0.256 e. The van der Waals surface area contributed by atoms with Gasteiger partial charge in [-0.1, -0.05) is 42.0 Å². The molecule has 1 aliphatic rings. The number of carbonyl (C=O) groups is 1. The predicted octanol–water partition coefficient (Wildman–Crippen LogP) is 3.70. The second-order valence-electron chi connectivity index (χ2n) is 8.05. The first kappa shape index (κ1) is 23.3. The van der Waals surface area contributed by atoms with E-state index in [0.29, 0.717) is 45.0 Å². The molecule has 0 N–H and O–H groups in total. The zero-order chi connectivity index (χ0) is 22.2. The van der Waals surface area contributed by atoms with Gasteiger partial charge in [0, 0.05) is 39.5 Å². The van der Waals surface area contributed by atoms with Gasteiger partial charge in [-0.05, 0) is 31.5 Å². The van der Waals surface area contributed by atoms with Crippen LogP contribution in [0.5, 0.6) is 0 Å². The van der Waals surface area contributed by atoms with Gasteiger partial charge in [-0.25, -0.2) is 0 Å². The molecule has 6 nitrogen and oxygen atoms in total. The molecule has 6 heteroatoms. The van der Waals surface area contributed by atoms with Gasteiger partial charge in [0.15, 0.2) is 0 Å². The minimum absolute atomic E-state index is 0.0331. The molecular weight excluding hydrogens is 392 g/mol. The molecule has 3 rings (SSSR count). The number of nitrogens with zero attached hydrogens (tertiary/aromatic N) is 2. The van der Waals surface area contributed by atoms with Gasteiger partial charge in [-0.3, -0.25) is 4.79 Å². The van der Waals surface area contributed by atoms with E-state index in [-0.39, 0.29) is 18.1 Å². The summed E-state index contributed by atoms with van der Waals surface area (Å²) in [6.45, 7) is 7.69. The summed E-state index contributed by atoms with van der Waals surface area (Å²) in [5.41, 5.74) is 3.79. The molecule has 0 spiro atoms. The van der Waals surface area contributed by atoms with Gasteiger partial charge in [0.2, 0.25) is 0 Å². The maximum absolute atomic E-state index is 13.7. The van der Waals surface area contributed by atoms with E-state index in [0.717, 1.165) is 16.8 Å². The average molecular weight is 427 g/mol. The van der Waals surface area contributed by atoms with E-state index in [1.807, 2.05) is 55.1 Å². The van der Waals surface area contributed by atoms with Crippen LogP contribution >= 0.6 is 0 Å². The molecule has 1 saturated heterocycles. The van der Waals surface area contributed by atoms with E-state index >= 15 is 0 Å². The van der Waals surface area contributed by atoms with Crippen LogP contribution in [0.2, 0.25) is 0 Å². The van der Waals surface area contributed by atoms with Crippen molar-refractivity contribution in [2.75, 3.05) is 58.5 Å². The van der Waals surface area contributed by atoms with E-state index in [2.05, 4.69) is 17.0 Å². The fourth-order valence-corrected chi connectivity index (χ4v) is 3.99. The number of carbonyl (C=O) groups excluding carboxylic acids is 1. The molecule has 1 amide bonds. The first-order valence-electron chi connectivity index (χ1n) is 10.9. The van der Waals surface area contributed by atoms with Crippen molar-refractivity contribution in [1.29, 1.82) is 0 Å². The van der Waals surface area contributed by atoms with Gasteiger partial charge in [-0.2, -0.15) is 0 Å². The minimum Gasteiger partial charge on any atom is -0.383 e. The molecule has 0 aromatic heterocycles. The number of hydrogen-bond donors (Lipinski definition) is 0. The number of amides is 1. The van der Waals surface area contributed by atoms with Crippen LogP contribution in [0.1, 0.15) is 34.5 Å². The summed E-state index contributed by atoms with van der Waals surface area (Å²) in [7, 11) is 3.38. The lowest BCUT2D eigenvalue weighted by atomic mass is 10.0. The Morgan fingerprint density at radius 1 is 1.06 bits per heavy atom. The van der Waals surface area contributed by atoms with Gasteiger partial charge in [0.1, 0.15) is 6.10 Å². The molecule has 1 heterocycles. The number of hydrogen-bond acceptors (Lipinski definition) is 5. The standard InChI is InChI=1S/C25H34N2O4/c1-19-10-11-23(26(12-14-29-3)13-15-30-4)22(16-19)25(28)27-17-20(2)31-24(18-27)21-8-6-5-7-9-21/h5-11,16,20,24H,12-15,17-18H2,1-4H3/t20-,24+/m0/s1. The molecular formula is C25H34N2O4. The lowest BCUT2D eigenvalue weighted by molar-refractivity contribution is -0.0691. The Morgan fingerprint density at radius 2 is 1.74 bits per heavy atom. The topological polar surface area (TPSA) is 51.2 Å². The van der Waals surface area contributed by atoms with E-state index in [1.54, 1.807) is 14.2 Å². The van der Waals surface area contributed by atoms with E-state index < -0.39 is 0 Å². The zero-order valence-corrected chi connectivity index (χ0v) is 19.0. The summed E-state index contributed by atoms with van der Waals surface area (Å²) >= 11 is 0. The summed E-state index contributed by atoms with van der Waals surface area (Å²) in [6, 6.07) is 16.2. The second kappa shape index (κ2) is 11.3. The van der Waals surface area contributed by atoms with Gasteiger partial charge < -0.3 is 24.0 Å². The lowest BCUT2D eigenvalue weighted by Crippen LogP contribution is -2.46. The quantitative estimate of drug-likeness (QED) is 0.612. The molecule has 2 atom stereocenters. The highest BCUT2D eigenvalue weighted by Crippen LogP contribution is 2.29. The molecule has 1 aliphatic heterocycles. The molecule has 0 saturated carbocycles. The molecule has 1 fully saturated rings. The molecule has 0 radical (unpaired) electrons. The third kappa shape index (κ3) is 6.06. The Hall–Kier alpha value is -2.41. The van der Waals surface area contributed by atoms with Gasteiger partial charge in [-0.15, -0.1) is 0 Å². The first-order chi connectivity index (χ1) is 15.0. The monoisotopic (exact) mass is 426 g/mol. The zero-order valence-electron chi connectivity index (χ0n) is 19.0. The molecule has 2 aromatic rings. The number of aryl methyl sites for hydroxylation is 1. The molecule has 168 valence electrons. The lowest BCUT2D eigenvalue weighted by Gasteiger charge is -2.38. The highest BCUT2D eigenvalue weighted by Gasteiger charge is 2.31. The number of morpholine rings is 1.